The molecular weight excluding hydrogens is 356 g/mol. The van der Waals surface area contributed by atoms with Crippen LogP contribution in [-0.2, 0) is 0 Å². The summed E-state index contributed by atoms with van der Waals surface area (Å²) in [6.45, 7) is 4.52. The van der Waals surface area contributed by atoms with Gasteiger partial charge in [0.2, 0.25) is 5.95 Å². The lowest BCUT2D eigenvalue weighted by atomic mass is 10.2. The Labute approximate surface area is 164 Å². The Morgan fingerprint density at radius 1 is 0.821 bits per heavy atom. The van der Waals surface area contributed by atoms with Crippen LogP contribution in [0, 0.1) is 6.92 Å². The van der Waals surface area contributed by atoms with Gasteiger partial charge in [-0.25, -0.2) is 4.98 Å². The number of hydrogen-bond donors (Lipinski definition) is 2. The number of nitrogens with one attached hydrogen (secondary N) is 2. The maximum atomic E-state index is 5.46. The molecule has 0 saturated carbocycles. The first kappa shape index (κ1) is 19.3. The van der Waals surface area contributed by atoms with E-state index in [9.17, 15) is 0 Å². The van der Waals surface area contributed by atoms with Crippen LogP contribution >= 0.6 is 0 Å². The molecule has 146 valence electrons. The smallest absolute Gasteiger partial charge is 0.229 e. The normalized spacial score (nSPS) is 10.3. The molecule has 0 spiro atoms. The molecule has 7 nitrogen and oxygen atoms in total. The minimum atomic E-state index is 0.507. The summed E-state index contributed by atoms with van der Waals surface area (Å²) in [4.78, 5) is 9.00. The highest BCUT2D eigenvalue weighted by Crippen LogP contribution is 2.31. The second-order valence-corrected chi connectivity index (χ2v) is 6.00. The molecule has 0 aliphatic rings. The van der Waals surface area contributed by atoms with E-state index in [2.05, 4.69) is 20.6 Å². The van der Waals surface area contributed by atoms with E-state index in [-0.39, 0.29) is 0 Å². The third kappa shape index (κ3) is 4.82. The molecule has 0 bridgehead atoms. The Morgan fingerprint density at radius 2 is 1.54 bits per heavy atom. The molecule has 0 aliphatic carbocycles. The fourth-order valence-electron chi connectivity index (χ4n) is 2.68. The highest BCUT2D eigenvalue weighted by atomic mass is 16.5. The second kappa shape index (κ2) is 8.94. The molecule has 3 aromatic rings. The number of aryl methyl sites for hydroxylation is 1. The standard InChI is InChI=1S/C21H24N4O3/c1-5-28-17-9-6-15(7-10-17)24-21-22-14(2)12-20(25-21)23-16-8-11-18(26-3)19(13-16)27-4/h6-13H,5H2,1-4H3,(H2,22,23,24,25). The highest BCUT2D eigenvalue weighted by Gasteiger charge is 2.07. The molecule has 7 heteroatoms. The number of ether oxygens (including phenoxy) is 3. The van der Waals surface area contributed by atoms with Crippen molar-refractivity contribution >= 4 is 23.1 Å². The van der Waals surface area contributed by atoms with Crippen molar-refractivity contribution in [1.29, 1.82) is 0 Å². The molecule has 0 saturated heterocycles. The van der Waals surface area contributed by atoms with E-state index in [0.29, 0.717) is 29.9 Å². The van der Waals surface area contributed by atoms with Gasteiger partial charge in [-0.3, -0.25) is 0 Å². The lowest BCUT2D eigenvalue weighted by molar-refractivity contribution is 0.340. The van der Waals surface area contributed by atoms with Gasteiger partial charge in [-0.05, 0) is 50.2 Å². The predicted octanol–water partition coefficient (Wildman–Crippen LogP) is 4.69. The molecule has 0 fully saturated rings. The predicted molar refractivity (Wildman–Crippen MR) is 110 cm³/mol. The van der Waals surface area contributed by atoms with Crippen LogP contribution in [0.15, 0.2) is 48.5 Å². The highest BCUT2D eigenvalue weighted by molar-refractivity contribution is 5.63. The monoisotopic (exact) mass is 380 g/mol. The van der Waals surface area contributed by atoms with E-state index >= 15 is 0 Å². The Bertz CT molecular complexity index is 929. The fourth-order valence-corrected chi connectivity index (χ4v) is 2.68. The average molecular weight is 380 g/mol. The van der Waals surface area contributed by atoms with Crippen molar-refractivity contribution in [2.75, 3.05) is 31.5 Å². The average Bonchev–Trinajstić information content (AvgIpc) is 2.69. The second-order valence-electron chi connectivity index (χ2n) is 6.00. The van der Waals surface area contributed by atoms with Gasteiger partial charge >= 0.3 is 0 Å². The molecule has 1 aromatic heterocycles. The van der Waals surface area contributed by atoms with Crippen molar-refractivity contribution < 1.29 is 14.2 Å². The van der Waals surface area contributed by atoms with Crippen LogP contribution in [-0.4, -0.2) is 30.8 Å². The molecule has 0 atom stereocenters. The number of rotatable bonds is 8. The summed E-state index contributed by atoms with van der Waals surface area (Å²) in [6, 6.07) is 15.1. The molecular formula is C21H24N4O3. The van der Waals surface area contributed by atoms with Gasteiger partial charge in [-0.1, -0.05) is 0 Å². The Hall–Kier alpha value is -3.48. The zero-order chi connectivity index (χ0) is 19.9. The number of hydrogen-bond acceptors (Lipinski definition) is 7. The summed E-state index contributed by atoms with van der Waals surface area (Å²) in [6.07, 6.45) is 0. The van der Waals surface area contributed by atoms with E-state index in [4.69, 9.17) is 14.2 Å². The Kier molecular flexibility index (Phi) is 6.16. The lowest BCUT2D eigenvalue weighted by Crippen LogP contribution is -2.02. The maximum absolute atomic E-state index is 5.46. The van der Waals surface area contributed by atoms with Crippen LogP contribution < -0.4 is 24.8 Å². The minimum absolute atomic E-state index is 0.507. The Morgan fingerprint density at radius 3 is 2.21 bits per heavy atom. The van der Waals surface area contributed by atoms with Crippen LogP contribution in [0.5, 0.6) is 17.2 Å². The van der Waals surface area contributed by atoms with Crippen molar-refractivity contribution in [3.8, 4) is 17.2 Å². The van der Waals surface area contributed by atoms with Gasteiger partial charge in [-0.2, -0.15) is 4.98 Å². The summed E-state index contributed by atoms with van der Waals surface area (Å²) in [5.41, 5.74) is 2.56. The number of methoxy groups -OCH3 is 2. The van der Waals surface area contributed by atoms with E-state index in [1.165, 1.54) is 0 Å². The summed E-state index contributed by atoms with van der Waals surface area (Å²) >= 11 is 0. The van der Waals surface area contributed by atoms with Crippen molar-refractivity contribution in [3.63, 3.8) is 0 Å². The SMILES string of the molecule is CCOc1ccc(Nc2nc(C)cc(Nc3ccc(OC)c(OC)c3)n2)cc1. The molecule has 0 radical (unpaired) electrons. The van der Waals surface area contributed by atoms with Gasteiger partial charge in [0.25, 0.3) is 0 Å². The van der Waals surface area contributed by atoms with Crippen LogP contribution in [0.2, 0.25) is 0 Å². The first-order valence-corrected chi connectivity index (χ1v) is 8.96. The van der Waals surface area contributed by atoms with Crippen LogP contribution in [0.3, 0.4) is 0 Å². The molecule has 2 N–H and O–H groups in total. The van der Waals surface area contributed by atoms with Crippen molar-refractivity contribution in [3.05, 3.63) is 54.2 Å². The number of aromatic nitrogens is 2. The fraction of sp³-hybridized carbons (Fsp3) is 0.238. The molecule has 1 heterocycles. The van der Waals surface area contributed by atoms with E-state index in [0.717, 1.165) is 22.8 Å². The third-order valence-electron chi connectivity index (χ3n) is 3.93. The molecule has 28 heavy (non-hydrogen) atoms. The van der Waals surface area contributed by atoms with Crippen molar-refractivity contribution in [1.82, 2.24) is 9.97 Å². The van der Waals surface area contributed by atoms with Crippen molar-refractivity contribution in [2.45, 2.75) is 13.8 Å². The van der Waals surface area contributed by atoms with Crippen LogP contribution in [0.25, 0.3) is 0 Å². The van der Waals surface area contributed by atoms with E-state index < -0.39 is 0 Å². The lowest BCUT2D eigenvalue weighted by Gasteiger charge is -2.12. The quantitative estimate of drug-likeness (QED) is 0.587. The summed E-state index contributed by atoms with van der Waals surface area (Å²) < 4.78 is 16.1. The zero-order valence-corrected chi connectivity index (χ0v) is 16.4. The molecule has 0 aliphatic heterocycles. The van der Waals surface area contributed by atoms with Crippen LogP contribution in [0.1, 0.15) is 12.6 Å². The van der Waals surface area contributed by atoms with Crippen LogP contribution in [0.4, 0.5) is 23.1 Å². The van der Waals surface area contributed by atoms with E-state index in [1.54, 1.807) is 14.2 Å². The van der Waals surface area contributed by atoms with Gasteiger partial charge in [-0.15, -0.1) is 0 Å². The topological polar surface area (TPSA) is 77.5 Å². The first-order chi connectivity index (χ1) is 13.6. The largest absolute Gasteiger partial charge is 0.494 e. The van der Waals surface area contributed by atoms with Gasteiger partial charge in [0.05, 0.1) is 20.8 Å². The molecule has 0 amide bonds. The number of nitrogens with zero attached hydrogens (tertiary/aromatic N) is 2. The summed E-state index contributed by atoms with van der Waals surface area (Å²) in [5.74, 6) is 3.32. The number of benzene rings is 2. The summed E-state index contributed by atoms with van der Waals surface area (Å²) in [7, 11) is 3.22. The molecule has 0 unspecified atom stereocenters. The maximum Gasteiger partial charge on any atom is 0.229 e. The van der Waals surface area contributed by atoms with Gasteiger partial charge in [0.1, 0.15) is 11.6 Å². The zero-order valence-electron chi connectivity index (χ0n) is 16.4. The van der Waals surface area contributed by atoms with Gasteiger partial charge < -0.3 is 24.8 Å². The molecule has 3 rings (SSSR count). The first-order valence-electron chi connectivity index (χ1n) is 8.96. The van der Waals surface area contributed by atoms with E-state index in [1.807, 2.05) is 62.4 Å². The summed E-state index contributed by atoms with van der Waals surface area (Å²) in [5, 5.41) is 6.49. The van der Waals surface area contributed by atoms with Gasteiger partial charge in [0.15, 0.2) is 11.5 Å². The molecule has 2 aromatic carbocycles. The van der Waals surface area contributed by atoms with Gasteiger partial charge in [0, 0.05) is 29.2 Å². The Balaban J connectivity index is 1.77. The third-order valence-corrected chi connectivity index (χ3v) is 3.93. The van der Waals surface area contributed by atoms with Crippen molar-refractivity contribution in [2.24, 2.45) is 0 Å². The number of anilines is 4. The minimum Gasteiger partial charge on any atom is -0.494 e.